The van der Waals surface area contributed by atoms with Gasteiger partial charge in [0.05, 0.1) is 0 Å². The van der Waals surface area contributed by atoms with E-state index in [9.17, 15) is 0 Å². The molecule has 0 aliphatic carbocycles. The highest BCUT2D eigenvalue weighted by molar-refractivity contribution is 6.01. The first-order chi connectivity index (χ1) is 9.83. The Morgan fingerprint density at radius 3 is 2.75 bits per heavy atom. The molecule has 0 N–H and O–H groups in total. The van der Waals surface area contributed by atoms with Crippen LogP contribution in [0.2, 0.25) is 0 Å². The van der Waals surface area contributed by atoms with E-state index >= 15 is 0 Å². The van der Waals surface area contributed by atoms with Gasteiger partial charge in [0.1, 0.15) is 5.82 Å². The molecule has 0 bridgehead atoms. The summed E-state index contributed by atoms with van der Waals surface area (Å²) in [7, 11) is 0. The molecule has 4 aromatic rings. The third-order valence-electron chi connectivity index (χ3n) is 3.41. The van der Waals surface area contributed by atoms with Gasteiger partial charge in [-0.1, -0.05) is 30.3 Å². The van der Waals surface area contributed by atoms with Crippen LogP contribution in [-0.2, 0) is 0 Å². The summed E-state index contributed by atoms with van der Waals surface area (Å²) in [6, 6.07) is 12.3. The molecule has 0 unspecified atom stereocenters. The van der Waals surface area contributed by atoms with Crippen LogP contribution in [0.5, 0.6) is 0 Å². The van der Waals surface area contributed by atoms with E-state index in [1.54, 1.807) is 0 Å². The summed E-state index contributed by atoms with van der Waals surface area (Å²) < 4.78 is 1.84. The Hall–Kier alpha value is -2.75. The second-order valence-corrected chi connectivity index (χ2v) is 4.76. The zero-order valence-corrected chi connectivity index (χ0v) is 11.0. The molecule has 0 aliphatic rings. The normalized spacial score (nSPS) is 11.2. The largest absolute Gasteiger partial charge is 0.264 e. The molecule has 0 saturated carbocycles. The Morgan fingerprint density at radius 2 is 1.90 bits per heavy atom. The fourth-order valence-corrected chi connectivity index (χ4v) is 2.57. The number of fused-ring (bicyclic) bond motifs is 2. The van der Waals surface area contributed by atoms with E-state index in [-0.39, 0.29) is 0 Å². The number of aromatic nitrogens is 4. The Labute approximate surface area is 115 Å². The van der Waals surface area contributed by atoms with Crippen LogP contribution in [0.15, 0.2) is 55.0 Å². The van der Waals surface area contributed by atoms with E-state index in [2.05, 4.69) is 27.2 Å². The number of rotatable bonds is 1. The molecular weight excluding hydrogens is 248 g/mol. The lowest BCUT2D eigenvalue weighted by molar-refractivity contribution is 0.937. The lowest BCUT2D eigenvalue weighted by atomic mass is 10.0. The number of pyridine rings is 2. The molecule has 0 atom stereocenters. The summed E-state index contributed by atoms with van der Waals surface area (Å²) in [4.78, 5) is 8.77. The molecule has 0 spiro atoms. The van der Waals surface area contributed by atoms with Crippen molar-refractivity contribution >= 4 is 16.4 Å². The first-order valence-corrected chi connectivity index (χ1v) is 6.48. The Kier molecular flexibility index (Phi) is 2.29. The minimum absolute atomic E-state index is 0.769. The Balaban J connectivity index is 2.23. The Morgan fingerprint density at radius 1 is 1.05 bits per heavy atom. The van der Waals surface area contributed by atoms with E-state index in [1.165, 1.54) is 0 Å². The minimum atomic E-state index is 0.769. The average Bonchev–Trinajstić information content (AvgIpc) is 2.85. The molecule has 0 radical (unpaired) electrons. The van der Waals surface area contributed by atoms with Gasteiger partial charge in [0.2, 0.25) is 0 Å². The summed E-state index contributed by atoms with van der Waals surface area (Å²) in [6.45, 7) is 1.91. The smallest absolute Gasteiger partial charge is 0.164 e. The maximum absolute atomic E-state index is 4.57. The lowest BCUT2D eigenvalue weighted by Crippen LogP contribution is -1.93. The van der Waals surface area contributed by atoms with Crippen LogP contribution in [-0.4, -0.2) is 19.6 Å². The maximum Gasteiger partial charge on any atom is 0.164 e. The molecule has 1 aromatic carbocycles. The molecule has 0 amide bonds. The van der Waals surface area contributed by atoms with Crippen LogP contribution in [0, 0.1) is 6.92 Å². The zero-order valence-electron chi connectivity index (χ0n) is 11.0. The van der Waals surface area contributed by atoms with E-state index in [1.807, 2.05) is 54.3 Å². The average molecular weight is 260 g/mol. The molecule has 4 rings (SSSR count). The van der Waals surface area contributed by atoms with Gasteiger partial charge in [0, 0.05) is 29.5 Å². The molecular formula is C16H12N4. The van der Waals surface area contributed by atoms with E-state index in [0.717, 1.165) is 33.4 Å². The van der Waals surface area contributed by atoms with E-state index in [4.69, 9.17) is 0 Å². The molecule has 0 saturated heterocycles. The second-order valence-electron chi connectivity index (χ2n) is 4.76. The van der Waals surface area contributed by atoms with Gasteiger partial charge >= 0.3 is 0 Å². The maximum atomic E-state index is 4.57. The highest BCUT2D eigenvalue weighted by Gasteiger charge is 2.12. The lowest BCUT2D eigenvalue weighted by Gasteiger charge is -2.08. The minimum Gasteiger partial charge on any atom is -0.264 e. The van der Waals surface area contributed by atoms with Gasteiger partial charge in [0.25, 0.3) is 0 Å². The zero-order chi connectivity index (χ0) is 13.5. The van der Waals surface area contributed by atoms with Gasteiger partial charge in [-0.3, -0.25) is 4.98 Å². The first kappa shape index (κ1) is 11.1. The number of hydrogen-bond acceptors (Lipinski definition) is 3. The summed E-state index contributed by atoms with van der Waals surface area (Å²) >= 11 is 0. The standard InChI is InChI=1S/C16H12N4/c1-11-18-16-15(12-5-3-2-4-6-12)14-7-8-17-9-13(14)10-20(16)19-11/h2-10H,1H3. The van der Waals surface area contributed by atoms with Crippen LogP contribution < -0.4 is 0 Å². The monoisotopic (exact) mass is 260 g/mol. The predicted molar refractivity (Wildman–Crippen MR) is 78.5 cm³/mol. The van der Waals surface area contributed by atoms with Crippen molar-refractivity contribution < 1.29 is 0 Å². The first-order valence-electron chi connectivity index (χ1n) is 6.48. The van der Waals surface area contributed by atoms with Gasteiger partial charge in [-0.2, -0.15) is 5.10 Å². The number of hydrogen-bond donors (Lipinski definition) is 0. The van der Waals surface area contributed by atoms with Gasteiger partial charge in [-0.25, -0.2) is 9.50 Å². The topological polar surface area (TPSA) is 43.1 Å². The molecule has 96 valence electrons. The molecule has 4 heteroatoms. The van der Waals surface area contributed by atoms with Crippen LogP contribution in [0.25, 0.3) is 27.5 Å². The molecule has 0 aliphatic heterocycles. The van der Waals surface area contributed by atoms with Crippen molar-refractivity contribution in [2.45, 2.75) is 6.92 Å². The van der Waals surface area contributed by atoms with Crippen LogP contribution in [0.4, 0.5) is 0 Å². The van der Waals surface area contributed by atoms with Crippen molar-refractivity contribution in [2.24, 2.45) is 0 Å². The summed E-state index contributed by atoms with van der Waals surface area (Å²) in [5, 5.41) is 6.63. The van der Waals surface area contributed by atoms with Gasteiger partial charge in [-0.05, 0) is 23.9 Å². The summed E-state index contributed by atoms with van der Waals surface area (Å²) in [5.41, 5.74) is 3.13. The molecule has 0 fully saturated rings. The summed E-state index contributed by atoms with van der Waals surface area (Å²) in [5.74, 6) is 0.769. The van der Waals surface area contributed by atoms with Crippen molar-refractivity contribution in [3.8, 4) is 11.1 Å². The van der Waals surface area contributed by atoms with E-state index < -0.39 is 0 Å². The van der Waals surface area contributed by atoms with Crippen molar-refractivity contribution in [3.63, 3.8) is 0 Å². The van der Waals surface area contributed by atoms with Crippen molar-refractivity contribution in [1.82, 2.24) is 19.6 Å². The highest BCUT2D eigenvalue weighted by atomic mass is 15.3. The van der Waals surface area contributed by atoms with E-state index in [0.29, 0.717) is 0 Å². The van der Waals surface area contributed by atoms with Gasteiger partial charge in [-0.15, -0.1) is 0 Å². The fourth-order valence-electron chi connectivity index (χ4n) is 2.57. The molecule has 3 heterocycles. The van der Waals surface area contributed by atoms with Crippen molar-refractivity contribution in [3.05, 3.63) is 60.8 Å². The van der Waals surface area contributed by atoms with Gasteiger partial charge < -0.3 is 0 Å². The number of aryl methyl sites for hydroxylation is 1. The Bertz CT molecular complexity index is 910. The fraction of sp³-hybridized carbons (Fsp3) is 0.0625. The van der Waals surface area contributed by atoms with Crippen LogP contribution in [0.1, 0.15) is 5.82 Å². The van der Waals surface area contributed by atoms with Crippen LogP contribution >= 0.6 is 0 Å². The number of nitrogens with zero attached hydrogens (tertiary/aromatic N) is 4. The van der Waals surface area contributed by atoms with Gasteiger partial charge in [0.15, 0.2) is 5.65 Å². The SMILES string of the molecule is Cc1nc2c(-c3ccccc3)c3ccncc3cn2n1. The summed E-state index contributed by atoms with van der Waals surface area (Å²) in [6.07, 6.45) is 5.65. The number of benzene rings is 1. The van der Waals surface area contributed by atoms with Crippen molar-refractivity contribution in [1.29, 1.82) is 0 Å². The molecule has 20 heavy (non-hydrogen) atoms. The predicted octanol–water partition coefficient (Wildman–Crippen LogP) is 3.25. The highest BCUT2D eigenvalue weighted by Crippen LogP contribution is 2.31. The molecule has 3 aromatic heterocycles. The third-order valence-corrected chi connectivity index (χ3v) is 3.41. The quantitative estimate of drug-likeness (QED) is 0.527. The third kappa shape index (κ3) is 1.58. The van der Waals surface area contributed by atoms with Crippen molar-refractivity contribution in [2.75, 3.05) is 0 Å². The molecule has 4 nitrogen and oxygen atoms in total. The van der Waals surface area contributed by atoms with Crippen LogP contribution in [0.3, 0.4) is 0 Å². The second kappa shape index (κ2) is 4.13.